The molecule has 0 aliphatic heterocycles. The second kappa shape index (κ2) is 6.44. The molecule has 7 heteroatoms. The van der Waals surface area contributed by atoms with Crippen molar-refractivity contribution in [2.75, 3.05) is 17.3 Å². The molecule has 2 N–H and O–H groups in total. The van der Waals surface area contributed by atoms with Crippen LogP contribution in [0, 0.1) is 6.92 Å². The third-order valence-electron chi connectivity index (χ3n) is 2.29. The van der Waals surface area contributed by atoms with Crippen molar-refractivity contribution in [1.29, 1.82) is 0 Å². The smallest absolute Gasteiger partial charge is 0.354 e. The number of nitrogens with one attached hydrogen (secondary N) is 1. The number of carboxylic acids is 1. The molecule has 0 aliphatic rings. The summed E-state index contributed by atoms with van der Waals surface area (Å²) in [4.78, 5) is 18.9. The number of carboxylic acid groups (broad SMARTS) is 1. The standard InChI is InChI=1S/C11H17N3O3S/c1-7(4-5-18(3)17)12-11-13-8(2)6-9(14-11)10(15)16/h6-7H,4-5H2,1-3H3,(H,15,16)(H,12,13,14). The van der Waals surface area contributed by atoms with E-state index >= 15 is 0 Å². The lowest BCUT2D eigenvalue weighted by molar-refractivity contribution is 0.0690. The fourth-order valence-corrected chi connectivity index (χ4v) is 2.06. The summed E-state index contributed by atoms with van der Waals surface area (Å²) < 4.78 is 11.0. The molecule has 2 unspecified atom stereocenters. The van der Waals surface area contributed by atoms with Gasteiger partial charge in [-0.05, 0) is 26.3 Å². The molecule has 0 saturated heterocycles. The number of aromatic nitrogens is 2. The monoisotopic (exact) mass is 271 g/mol. The van der Waals surface area contributed by atoms with E-state index in [2.05, 4.69) is 15.3 Å². The van der Waals surface area contributed by atoms with Gasteiger partial charge in [0.1, 0.15) is 0 Å². The quantitative estimate of drug-likeness (QED) is 0.803. The second-order valence-corrected chi connectivity index (χ2v) is 5.69. The minimum atomic E-state index is -1.08. The maximum atomic E-state index is 11.0. The molecule has 100 valence electrons. The molecule has 0 saturated carbocycles. The Hall–Kier alpha value is -1.50. The Labute approximate surface area is 108 Å². The van der Waals surface area contributed by atoms with Crippen molar-refractivity contribution in [3.63, 3.8) is 0 Å². The molecular formula is C11H17N3O3S. The Morgan fingerprint density at radius 2 is 2.22 bits per heavy atom. The van der Waals surface area contributed by atoms with Gasteiger partial charge in [0.25, 0.3) is 0 Å². The molecule has 18 heavy (non-hydrogen) atoms. The predicted molar refractivity (Wildman–Crippen MR) is 70.4 cm³/mol. The van der Waals surface area contributed by atoms with Crippen molar-refractivity contribution in [3.05, 3.63) is 17.5 Å². The van der Waals surface area contributed by atoms with Crippen LogP contribution in [0.1, 0.15) is 29.5 Å². The minimum Gasteiger partial charge on any atom is -0.477 e. The number of hydrogen-bond acceptors (Lipinski definition) is 5. The lowest BCUT2D eigenvalue weighted by atomic mass is 10.2. The van der Waals surface area contributed by atoms with Crippen LogP contribution in [0.2, 0.25) is 0 Å². The highest BCUT2D eigenvalue weighted by molar-refractivity contribution is 7.84. The highest BCUT2D eigenvalue weighted by Gasteiger charge is 2.10. The van der Waals surface area contributed by atoms with Crippen molar-refractivity contribution in [1.82, 2.24) is 9.97 Å². The normalized spacial score (nSPS) is 13.9. The van der Waals surface area contributed by atoms with Gasteiger partial charge in [0.05, 0.1) is 0 Å². The Morgan fingerprint density at radius 1 is 1.56 bits per heavy atom. The van der Waals surface area contributed by atoms with E-state index in [0.717, 1.165) is 0 Å². The third kappa shape index (κ3) is 4.79. The minimum absolute atomic E-state index is 0.0312. The maximum Gasteiger partial charge on any atom is 0.354 e. The number of nitrogens with zero attached hydrogens (tertiary/aromatic N) is 2. The van der Waals surface area contributed by atoms with Gasteiger partial charge in [0.2, 0.25) is 5.95 Å². The van der Waals surface area contributed by atoms with Crippen LogP contribution in [-0.4, -0.2) is 43.3 Å². The Kier molecular flexibility index (Phi) is 5.21. The summed E-state index contributed by atoms with van der Waals surface area (Å²) in [6, 6.07) is 1.46. The largest absolute Gasteiger partial charge is 0.477 e. The molecule has 1 heterocycles. The Morgan fingerprint density at radius 3 is 2.78 bits per heavy atom. The summed E-state index contributed by atoms with van der Waals surface area (Å²) in [5.74, 6) is -0.196. The van der Waals surface area contributed by atoms with Gasteiger partial charge in [0, 0.05) is 34.5 Å². The first-order chi connectivity index (χ1) is 8.38. The number of rotatable bonds is 6. The van der Waals surface area contributed by atoms with E-state index < -0.39 is 16.8 Å². The van der Waals surface area contributed by atoms with E-state index in [4.69, 9.17) is 5.11 Å². The third-order valence-corrected chi connectivity index (χ3v) is 3.10. The van der Waals surface area contributed by atoms with Crippen molar-refractivity contribution in [3.8, 4) is 0 Å². The summed E-state index contributed by atoms with van der Waals surface area (Å²) in [6.45, 7) is 3.63. The second-order valence-electron chi connectivity index (χ2n) is 4.13. The number of anilines is 1. The first-order valence-corrected chi connectivity index (χ1v) is 7.26. The van der Waals surface area contributed by atoms with E-state index in [-0.39, 0.29) is 11.7 Å². The molecule has 0 bridgehead atoms. The summed E-state index contributed by atoms with van der Waals surface area (Å²) in [5, 5.41) is 11.9. The fourth-order valence-electron chi connectivity index (χ4n) is 1.38. The fraction of sp³-hybridized carbons (Fsp3) is 0.545. The SMILES string of the molecule is Cc1cc(C(=O)O)nc(NC(C)CCS(C)=O)n1. The zero-order valence-electron chi connectivity index (χ0n) is 10.6. The van der Waals surface area contributed by atoms with Crippen LogP contribution in [0.25, 0.3) is 0 Å². The van der Waals surface area contributed by atoms with Crippen LogP contribution in [0.5, 0.6) is 0 Å². The number of carbonyl (C=O) groups is 1. The molecule has 1 rings (SSSR count). The molecule has 6 nitrogen and oxygen atoms in total. The molecule has 0 aliphatic carbocycles. The van der Waals surface area contributed by atoms with Crippen molar-refractivity contribution < 1.29 is 14.1 Å². The summed E-state index contributed by atoms with van der Waals surface area (Å²) in [5.41, 5.74) is 0.562. The molecule has 1 aromatic rings. The molecule has 2 atom stereocenters. The van der Waals surface area contributed by atoms with Gasteiger partial charge in [0.15, 0.2) is 5.69 Å². The van der Waals surface area contributed by atoms with Crippen molar-refractivity contribution >= 4 is 22.7 Å². The topological polar surface area (TPSA) is 92.2 Å². The molecule has 0 amide bonds. The highest BCUT2D eigenvalue weighted by Crippen LogP contribution is 2.07. The average molecular weight is 271 g/mol. The van der Waals surface area contributed by atoms with Gasteiger partial charge in [-0.2, -0.15) is 0 Å². The number of hydrogen-bond donors (Lipinski definition) is 2. The van der Waals surface area contributed by atoms with Crippen molar-refractivity contribution in [2.24, 2.45) is 0 Å². The molecule has 0 fully saturated rings. The molecule has 1 aromatic heterocycles. The zero-order chi connectivity index (χ0) is 13.7. The Balaban J connectivity index is 2.72. The van der Waals surface area contributed by atoms with Crippen LogP contribution in [0.3, 0.4) is 0 Å². The molecule has 0 spiro atoms. The van der Waals surface area contributed by atoms with E-state index in [0.29, 0.717) is 23.8 Å². The lowest BCUT2D eigenvalue weighted by Gasteiger charge is -2.13. The van der Waals surface area contributed by atoms with Crippen LogP contribution in [0.15, 0.2) is 6.07 Å². The summed E-state index contributed by atoms with van der Waals surface area (Å²) in [7, 11) is -0.835. The predicted octanol–water partition coefficient (Wildman–Crippen LogP) is 1.05. The van der Waals surface area contributed by atoms with Gasteiger partial charge >= 0.3 is 5.97 Å². The van der Waals surface area contributed by atoms with Gasteiger partial charge in [-0.3, -0.25) is 4.21 Å². The maximum absolute atomic E-state index is 11.0. The van der Waals surface area contributed by atoms with E-state index in [1.54, 1.807) is 13.2 Å². The molecule has 0 radical (unpaired) electrons. The first kappa shape index (κ1) is 14.6. The van der Waals surface area contributed by atoms with Gasteiger partial charge in [-0.1, -0.05) is 0 Å². The van der Waals surface area contributed by atoms with Crippen LogP contribution in [-0.2, 0) is 10.8 Å². The van der Waals surface area contributed by atoms with E-state index in [1.807, 2.05) is 6.92 Å². The summed E-state index contributed by atoms with van der Waals surface area (Å²) >= 11 is 0. The average Bonchev–Trinajstić information content (AvgIpc) is 2.25. The van der Waals surface area contributed by atoms with Crippen LogP contribution < -0.4 is 5.32 Å². The lowest BCUT2D eigenvalue weighted by Crippen LogP contribution is -2.20. The van der Waals surface area contributed by atoms with E-state index in [1.165, 1.54) is 6.07 Å². The van der Waals surface area contributed by atoms with Crippen LogP contribution >= 0.6 is 0 Å². The van der Waals surface area contributed by atoms with E-state index in [9.17, 15) is 9.00 Å². The van der Waals surface area contributed by atoms with Gasteiger partial charge in [-0.15, -0.1) is 0 Å². The zero-order valence-corrected chi connectivity index (χ0v) is 11.5. The molecule has 0 aromatic carbocycles. The molecular weight excluding hydrogens is 254 g/mol. The summed E-state index contributed by atoms with van der Waals surface area (Å²) in [6.07, 6.45) is 2.36. The van der Waals surface area contributed by atoms with Gasteiger partial charge < -0.3 is 10.4 Å². The highest BCUT2D eigenvalue weighted by atomic mass is 32.2. The van der Waals surface area contributed by atoms with Gasteiger partial charge in [-0.25, -0.2) is 14.8 Å². The van der Waals surface area contributed by atoms with Crippen molar-refractivity contribution in [2.45, 2.75) is 26.3 Å². The Bertz CT molecular complexity index is 465. The van der Waals surface area contributed by atoms with Crippen LogP contribution in [0.4, 0.5) is 5.95 Å². The first-order valence-electron chi connectivity index (χ1n) is 5.54. The number of aryl methyl sites for hydroxylation is 1. The number of aromatic carboxylic acids is 1.